The highest BCUT2D eigenvalue weighted by molar-refractivity contribution is 5.88. The Morgan fingerprint density at radius 3 is 2.45 bits per heavy atom. The molecule has 1 aliphatic rings. The van der Waals surface area contributed by atoms with Crippen LogP contribution in [0.15, 0.2) is 36.5 Å². The predicted molar refractivity (Wildman–Crippen MR) is 145 cm³/mol. The molecule has 1 saturated heterocycles. The largest absolute Gasteiger partial charge is 0.497 e. The van der Waals surface area contributed by atoms with Gasteiger partial charge in [-0.2, -0.15) is 0 Å². The topological polar surface area (TPSA) is 87.2 Å². The minimum atomic E-state index is -1.53. The first-order valence-corrected chi connectivity index (χ1v) is 13.2. The smallest absolute Gasteiger partial charge is 0.249 e. The van der Waals surface area contributed by atoms with E-state index in [4.69, 9.17) is 9.47 Å². The van der Waals surface area contributed by atoms with Crippen LogP contribution in [-0.4, -0.2) is 68.4 Å². The van der Waals surface area contributed by atoms with Crippen molar-refractivity contribution in [3.05, 3.63) is 59.5 Å². The number of aryl methyl sites for hydroxylation is 1. The van der Waals surface area contributed by atoms with Gasteiger partial charge in [-0.15, -0.1) is 0 Å². The first-order chi connectivity index (χ1) is 19.2. The number of carbonyl (C=O) groups excluding carboxylic acids is 1. The highest BCUT2D eigenvalue weighted by Crippen LogP contribution is 2.38. The Kier molecular flexibility index (Phi) is 9.36. The lowest BCUT2D eigenvalue weighted by Gasteiger charge is -2.40. The number of carbonyl (C=O) groups is 1. The van der Waals surface area contributed by atoms with Gasteiger partial charge in [-0.3, -0.25) is 19.9 Å². The number of anilines is 1. The summed E-state index contributed by atoms with van der Waals surface area (Å²) in [7, 11) is 5.56. The third-order valence-electron chi connectivity index (χ3n) is 7.76. The summed E-state index contributed by atoms with van der Waals surface area (Å²) in [5, 5.41) is 10.5. The summed E-state index contributed by atoms with van der Waals surface area (Å²) in [6.45, 7) is 1.78. The number of hydrogen-bond donors (Lipinski definition) is 2. The third-order valence-corrected chi connectivity index (χ3v) is 7.76. The van der Waals surface area contributed by atoms with Crippen molar-refractivity contribution >= 4 is 22.5 Å². The molecule has 2 heterocycles. The van der Waals surface area contributed by atoms with E-state index in [2.05, 4.69) is 9.88 Å². The van der Waals surface area contributed by atoms with E-state index in [1.165, 1.54) is 0 Å². The lowest BCUT2D eigenvalue weighted by atomic mass is 9.73. The highest BCUT2D eigenvalue weighted by Gasteiger charge is 2.40. The molecule has 0 unspecified atom stereocenters. The van der Waals surface area contributed by atoms with Crippen LogP contribution in [0.4, 0.5) is 18.9 Å². The van der Waals surface area contributed by atoms with E-state index in [0.717, 1.165) is 46.5 Å². The Morgan fingerprint density at radius 1 is 1.12 bits per heavy atom. The average Bonchev–Trinajstić information content (AvgIpc) is 2.95. The number of hydrogen-bond acceptors (Lipinski definition) is 7. The van der Waals surface area contributed by atoms with Crippen molar-refractivity contribution in [1.29, 1.82) is 0 Å². The molecule has 11 heteroatoms. The fourth-order valence-electron chi connectivity index (χ4n) is 5.42. The predicted octanol–water partition coefficient (Wildman–Crippen LogP) is 4.72. The third kappa shape index (κ3) is 6.42. The van der Waals surface area contributed by atoms with Crippen LogP contribution in [0.2, 0.25) is 0 Å². The fraction of sp³-hybridized carbons (Fsp3) is 0.448. The number of fused-ring (bicyclic) bond motifs is 1. The van der Waals surface area contributed by atoms with Gasteiger partial charge in [-0.05, 0) is 69.0 Å². The number of piperidine rings is 1. The number of ether oxygens (including phenoxy) is 2. The van der Waals surface area contributed by atoms with Crippen LogP contribution in [0.1, 0.15) is 31.2 Å². The number of nitrogens with zero attached hydrogens (tertiary/aromatic N) is 3. The summed E-state index contributed by atoms with van der Waals surface area (Å²) in [5.74, 6) is -3.87. The van der Waals surface area contributed by atoms with Crippen molar-refractivity contribution in [2.45, 2.75) is 32.1 Å². The molecule has 0 bridgehead atoms. The molecule has 3 aromatic rings. The Morgan fingerprint density at radius 2 is 1.82 bits per heavy atom. The minimum Gasteiger partial charge on any atom is -0.497 e. The molecular formula is C29H35F3N4O4. The van der Waals surface area contributed by atoms with Crippen LogP contribution in [0.25, 0.3) is 10.9 Å². The Hall–Kier alpha value is -3.57. The fourth-order valence-corrected chi connectivity index (χ4v) is 5.42. The number of likely N-dealkylation sites (tertiary alicyclic amines) is 1. The maximum atomic E-state index is 13.4. The molecule has 216 valence electrons. The van der Waals surface area contributed by atoms with E-state index in [9.17, 15) is 23.2 Å². The number of benzene rings is 2. The SMILES string of the molecule is COc1ccc2ncc(N(C)C)c(CCCC3(C(=O)NO)CCN(CCOc4cc(F)c(F)c(F)c4)CC3)c2c1. The molecule has 0 radical (unpaired) electrons. The summed E-state index contributed by atoms with van der Waals surface area (Å²) >= 11 is 0. The van der Waals surface area contributed by atoms with Gasteiger partial charge in [0.05, 0.1) is 29.9 Å². The van der Waals surface area contributed by atoms with E-state index in [1.807, 2.05) is 48.9 Å². The van der Waals surface area contributed by atoms with Gasteiger partial charge in [0.1, 0.15) is 18.1 Å². The molecule has 2 aromatic carbocycles. The van der Waals surface area contributed by atoms with Crippen molar-refractivity contribution < 1.29 is 32.6 Å². The number of rotatable bonds is 11. The molecule has 8 nitrogen and oxygen atoms in total. The van der Waals surface area contributed by atoms with Gasteiger partial charge >= 0.3 is 0 Å². The van der Waals surface area contributed by atoms with Crippen LogP contribution in [-0.2, 0) is 11.2 Å². The standard InChI is InChI=1S/C29H35F3N4O4/c1-35(2)26-18-33-25-7-6-19(39-3)15-22(25)21(26)5-4-8-29(28(37)34-38)9-11-36(12-10-29)13-14-40-20-16-23(30)27(32)24(31)17-20/h6-7,15-18,38H,4-5,8-14H2,1-3H3,(H,34,37). The zero-order chi connectivity index (χ0) is 28.9. The number of amides is 1. The molecule has 4 rings (SSSR count). The molecule has 2 N–H and O–H groups in total. The Bertz CT molecular complexity index is 1320. The van der Waals surface area contributed by atoms with E-state index in [-0.39, 0.29) is 12.4 Å². The van der Waals surface area contributed by atoms with Gasteiger partial charge in [0.15, 0.2) is 17.5 Å². The van der Waals surface area contributed by atoms with E-state index < -0.39 is 28.8 Å². The molecule has 1 amide bonds. The number of halogens is 3. The van der Waals surface area contributed by atoms with Crippen LogP contribution < -0.4 is 19.9 Å². The van der Waals surface area contributed by atoms with Crippen LogP contribution >= 0.6 is 0 Å². The zero-order valence-corrected chi connectivity index (χ0v) is 23.0. The van der Waals surface area contributed by atoms with Crippen molar-refractivity contribution in [2.75, 3.05) is 52.3 Å². The number of pyridine rings is 1. The van der Waals surface area contributed by atoms with Gasteiger partial charge < -0.3 is 14.4 Å². The normalized spacial score (nSPS) is 15.2. The summed E-state index contributed by atoms with van der Waals surface area (Å²) in [6.07, 6.45) is 4.93. The summed E-state index contributed by atoms with van der Waals surface area (Å²) in [4.78, 5) is 21.6. The monoisotopic (exact) mass is 560 g/mol. The summed E-state index contributed by atoms with van der Waals surface area (Å²) in [6, 6.07) is 7.42. The summed E-state index contributed by atoms with van der Waals surface area (Å²) < 4.78 is 50.9. The van der Waals surface area contributed by atoms with Crippen LogP contribution in [0.3, 0.4) is 0 Å². The van der Waals surface area contributed by atoms with E-state index in [1.54, 1.807) is 7.11 Å². The van der Waals surface area contributed by atoms with Gasteiger partial charge in [0.25, 0.3) is 0 Å². The quantitative estimate of drug-likeness (QED) is 0.200. The lowest BCUT2D eigenvalue weighted by molar-refractivity contribution is -0.143. The molecular weight excluding hydrogens is 525 g/mol. The molecule has 0 atom stereocenters. The molecule has 0 aliphatic carbocycles. The van der Waals surface area contributed by atoms with Gasteiger partial charge in [-0.1, -0.05) is 0 Å². The van der Waals surface area contributed by atoms with E-state index >= 15 is 0 Å². The van der Waals surface area contributed by atoms with Crippen molar-refractivity contribution in [3.8, 4) is 11.5 Å². The second-order valence-electron chi connectivity index (χ2n) is 10.4. The van der Waals surface area contributed by atoms with Crippen molar-refractivity contribution in [3.63, 3.8) is 0 Å². The first kappa shape index (κ1) is 29.4. The average molecular weight is 561 g/mol. The molecule has 40 heavy (non-hydrogen) atoms. The number of aromatic nitrogens is 1. The Labute approximate surface area is 231 Å². The molecule has 0 spiro atoms. The molecule has 1 fully saturated rings. The lowest BCUT2D eigenvalue weighted by Crippen LogP contribution is -2.49. The van der Waals surface area contributed by atoms with Crippen LogP contribution in [0.5, 0.6) is 11.5 Å². The van der Waals surface area contributed by atoms with Gasteiger partial charge in [0.2, 0.25) is 5.91 Å². The van der Waals surface area contributed by atoms with Crippen molar-refractivity contribution in [2.24, 2.45) is 5.41 Å². The number of nitrogens with one attached hydrogen (secondary N) is 1. The summed E-state index contributed by atoms with van der Waals surface area (Å²) in [5.41, 5.74) is 4.13. The molecule has 1 aromatic heterocycles. The van der Waals surface area contributed by atoms with E-state index in [0.29, 0.717) is 45.3 Å². The van der Waals surface area contributed by atoms with Gasteiger partial charge in [0, 0.05) is 38.2 Å². The second kappa shape index (κ2) is 12.7. The van der Waals surface area contributed by atoms with Gasteiger partial charge in [-0.25, -0.2) is 18.7 Å². The maximum Gasteiger partial charge on any atom is 0.249 e. The number of methoxy groups -OCH3 is 1. The maximum absolute atomic E-state index is 13.4. The minimum absolute atomic E-state index is 0.0826. The Balaban J connectivity index is 1.39. The number of hydroxylamine groups is 1. The van der Waals surface area contributed by atoms with Crippen LogP contribution in [0, 0.1) is 22.9 Å². The highest BCUT2D eigenvalue weighted by atomic mass is 19.2. The van der Waals surface area contributed by atoms with Crippen molar-refractivity contribution in [1.82, 2.24) is 15.4 Å². The zero-order valence-electron chi connectivity index (χ0n) is 23.0. The second-order valence-corrected chi connectivity index (χ2v) is 10.4. The molecule has 0 saturated carbocycles. The molecule has 1 aliphatic heterocycles. The first-order valence-electron chi connectivity index (χ1n) is 13.2.